The SMILES string of the molecule is COCCNC(=O)COC(=O)c1cccc(Cl)c1Cl. The van der Waals surface area contributed by atoms with E-state index in [2.05, 4.69) is 5.32 Å². The lowest BCUT2D eigenvalue weighted by Crippen LogP contribution is -2.31. The smallest absolute Gasteiger partial charge is 0.340 e. The molecule has 0 saturated heterocycles. The predicted octanol–water partition coefficient (Wildman–Crippen LogP) is 1.91. The highest BCUT2D eigenvalue weighted by atomic mass is 35.5. The Morgan fingerprint density at radius 1 is 1.32 bits per heavy atom. The molecule has 0 radical (unpaired) electrons. The van der Waals surface area contributed by atoms with Gasteiger partial charge in [-0.15, -0.1) is 0 Å². The van der Waals surface area contributed by atoms with Gasteiger partial charge in [-0.25, -0.2) is 4.79 Å². The van der Waals surface area contributed by atoms with Crippen molar-refractivity contribution >= 4 is 35.1 Å². The van der Waals surface area contributed by atoms with Gasteiger partial charge in [0, 0.05) is 13.7 Å². The van der Waals surface area contributed by atoms with Crippen molar-refractivity contribution in [1.82, 2.24) is 5.32 Å². The molecule has 0 spiro atoms. The van der Waals surface area contributed by atoms with Gasteiger partial charge in [0.2, 0.25) is 0 Å². The largest absolute Gasteiger partial charge is 0.452 e. The van der Waals surface area contributed by atoms with Gasteiger partial charge >= 0.3 is 5.97 Å². The zero-order valence-electron chi connectivity index (χ0n) is 10.2. The minimum Gasteiger partial charge on any atom is -0.452 e. The molecular formula is C12H13Cl2NO4. The van der Waals surface area contributed by atoms with Crippen LogP contribution in [0.5, 0.6) is 0 Å². The van der Waals surface area contributed by atoms with Gasteiger partial charge in [-0.1, -0.05) is 29.3 Å². The Balaban J connectivity index is 2.47. The van der Waals surface area contributed by atoms with Crippen LogP contribution in [0.25, 0.3) is 0 Å². The molecule has 0 heterocycles. The van der Waals surface area contributed by atoms with Crippen molar-refractivity contribution in [3.63, 3.8) is 0 Å². The highest BCUT2D eigenvalue weighted by Gasteiger charge is 2.15. The monoisotopic (exact) mass is 305 g/mol. The third-order valence-corrected chi connectivity index (χ3v) is 2.95. The zero-order chi connectivity index (χ0) is 14.3. The average Bonchev–Trinajstić information content (AvgIpc) is 2.39. The first-order valence-corrected chi connectivity index (χ1v) is 6.18. The second kappa shape index (κ2) is 7.99. The summed E-state index contributed by atoms with van der Waals surface area (Å²) in [6, 6.07) is 4.60. The van der Waals surface area contributed by atoms with Crippen LogP contribution in [0.1, 0.15) is 10.4 Å². The van der Waals surface area contributed by atoms with Crippen molar-refractivity contribution in [3.8, 4) is 0 Å². The second-order valence-corrected chi connectivity index (χ2v) is 4.31. The van der Waals surface area contributed by atoms with Crippen LogP contribution in [0.4, 0.5) is 0 Å². The molecule has 0 aromatic heterocycles. The molecule has 5 nitrogen and oxygen atoms in total. The molecule has 1 aromatic rings. The molecular weight excluding hydrogens is 293 g/mol. The summed E-state index contributed by atoms with van der Waals surface area (Å²) in [6.07, 6.45) is 0. The van der Waals surface area contributed by atoms with Gasteiger partial charge in [-0.3, -0.25) is 4.79 Å². The van der Waals surface area contributed by atoms with E-state index < -0.39 is 11.9 Å². The molecule has 7 heteroatoms. The maximum Gasteiger partial charge on any atom is 0.340 e. The van der Waals surface area contributed by atoms with Gasteiger partial charge in [-0.05, 0) is 12.1 Å². The quantitative estimate of drug-likeness (QED) is 0.644. The van der Waals surface area contributed by atoms with Crippen LogP contribution in [0, 0.1) is 0 Å². The Hall–Kier alpha value is -1.30. The van der Waals surface area contributed by atoms with Crippen molar-refractivity contribution in [2.45, 2.75) is 0 Å². The zero-order valence-corrected chi connectivity index (χ0v) is 11.8. The third-order valence-electron chi connectivity index (χ3n) is 2.13. The van der Waals surface area contributed by atoms with E-state index in [1.54, 1.807) is 12.1 Å². The number of rotatable bonds is 6. The van der Waals surface area contributed by atoms with Gasteiger partial charge in [0.15, 0.2) is 6.61 Å². The minimum atomic E-state index is -0.700. The predicted molar refractivity (Wildman–Crippen MR) is 71.6 cm³/mol. The summed E-state index contributed by atoms with van der Waals surface area (Å²) in [5.41, 5.74) is 0.124. The lowest BCUT2D eigenvalue weighted by Gasteiger charge is -2.07. The van der Waals surface area contributed by atoms with Crippen LogP contribution >= 0.6 is 23.2 Å². The molecule has 0 aliphatic heterocycles. The van der Waals surface area contributed by atoms with E-state index in [9.17, 15) is 9.59 Å². The third kappa shape index (κ3) is 5.06. The Morgan fingerprint density at radius 2 is 2.05 bits per heavy atom. The van der Waals surface area contributed by atoms with E-state index in [0.717, 1.165) is 0 Å². The average molecular weight is 306 g/mol. The molecule has 0 aliphatic carbocycles. The maximum atomic E-state index is 11.7. The Bertz CT molecular complexity index is 465. The van der Waals surface area contributed by atoms with Crippen LogP contribution in [-0.2, 0) is 14.3 Å². The fraction of sp³-hybridized carbons (Fsp3) is 0.333. The topological polar surface area (TPSA) is 64.6 Å². The number of halogens is 2. The van der Waals surface area contributed by atoms with E-state index in [1.807, 2.05) is 0 Å². The number of amides is 1. The number of hydrogen-bond acceptors (Lipinski definition) is 4. The molecule has 0 bridgehead atoms. The highest BCUT2D eigenvalue weighted by Crippen LogP contribution is 2.25. The first-order valence-electron chi connectivity index (χ1n) is 5.43. The molecule has 1 aromatic carbocycles. The van der Waals surface area contributed by atoms with E-state index in [0.29, 0.717) is 13.2 Å². The Labute approximate surface area is 120 Å². The number of hydrogen-bond donors (Lipinski definition) is 1. The Morgan fingerprint density at radius 3 is 2.74 bits per heavy atom. The molecule has 1 amide bonds. The van der Waals surface area contributed by atoms with Crippen molar-refractivity contribution in [1.29, 1.82) is 0 Å². The van der Waals surface area contributed by atoms with E-state index in [-0.39, 0.29) is 22.2 Å². The molecule has 0 unspecified atom stereocenters. The van der Waals surface area contributed by atoms with Gasteiger partial charge in [-0.2, -0.15) is 0 Å². The number of carbonyl (C=O) groups excluding carboxylic acids is 2. The summed E-state index contributed by atoms with van der Waals surface area (Å²) in [5, 5.41) is 2.87. The summed E-state index contributed by atoms with van der Waals surface area (Å²) in [5.74, 6) is -1.11. The molecule has 1 rings (SSSR count). The van der Waals surface area contributed by atoms with Crippen LogP contribution < -0.4 is 5.32 Å². The lowest BCUT2D eigenvalue weighted by molar-refractivity contribution is -0.124. The molecule has 104 valence electrons. The number of carbonyl (C=O) groups is 2. The van der Waals surface area contributed by atoms with E-state index in [4.69, 9.17) is 32.7 Å². The highest BCUT2D eigenvalue weighted by molar-refractivity contribution is 6.43. The van der Waals surface area contributed by atoms with Gasteiger partial charge in [0.05, 0.1) is 22.2 Å². The van der Waals surface area contributed by atoms with Crippen LogP contribution in [0.15, 0.2) is 18.2 Å². The summed E-state index contributed by atoms with van der Waals surface area (Å²) in [4.78, 5) is 23.0. The number of nitrogens with one attached hydrogen (secondary N) is 1. The molecule has 0 aliphatic rings. The fourth-order valence-corrected chi connectivity index (χ4v) is 1.59. The summed E-state index contributed by atoms with van der Waals surface area (Å²) < 4.78 is 9.58. The number of ether oxygens (including phenoxy) is 2. The Kier molecular flexibility index (Phi) is 6.62. The first-order chi connectivity index (χ1) is 9.06. The van der Waals surface area contributed by atoms with Crippen molar-refractivity contribution in [2.24, 2.45) is 0 Å². The number of methoxy groups -OCH3 is 1. The number of esters is 1. The molecule has 0 atom stereocenters. The number of benzene rings is 1. The molecule has 1 N–H and O–H groups in total. The fourth-order valence-electron chi connectivity index (χ4n) is 1.21. The first kappa shape index (κ1) is 15.8. The molecule has 0 saturated carbocycles. The second-order valence-electron chi connectivity index (χ2n) is 3.52. The van der Waals surface area contributed by atoms with Crippen LogP contribution in [-0.4, -0.2) is 38.7 Å². The molecule has 0 fully saturated rings. The minimum absolute atomic E-state index is 0.106. The summed E-state index contributed by atoms with van der Waals surface area (Å²) in [7, 11) is 1.52. The van der Waals surface area contributed by atoms with Gasteiger partial charge < -0.3 is 14.8 Å². The maximum absolute atomic E-state index is 11.7. The van der Waals surface area contributed by atoms with E-state index in [1.165, 1.54) is 13.2 Å². The van der Waals surface area contributed by atoms with E-state index >= 15 is 0 Å². The van der Waals surface area contributed by atoms with Crippen molar-refractivity contribution < 1.29 is 19.1 Å². The van der Waals surface area contributed by atoms with Crippen LogP contribution in [0.2, 0.25) is 10.0 Å². The summed E-state index contributed by atoms with van der Waals surface area (Å²) >= 11 is 11.6. The van der Waals surface area contributed by atoms with Gasteiger partial charge in [0.25, 0.3) is 5.91 Å². The van der Waals surface area contributed by atoms with Crippen LogP contribution in [0.3, 0.4) is 0 Å². The van der Waals surface area contributed by atoms with Crippen molar-refractivity contribution in [2.75, 3.05) is 26.9 Å². The summed E-state index contributed by atoms with van der Waals surface area (Å²) in [6.45, 7) is 0.357. The molecule has 19 heavy (non-hydrogen) atoms. The lowest BCUT2D eigenvalue weighted by atomic mass is 10.2. The van der Waals surface area contributed by atoms with Crippen molar-refractivity contribution in [3.05, 3.63) is 33.8 Å². The standard InChI is InChI=1S/C12H13Cl2NO4/c1-18-6-5-15-10(16)7-19-12(17)8-3-2-4-9(13)11(8)14/h2-4H,5-7H2,1H3,(H,15,16). The normalized spacial score (nSPS) is 10.1. The van der Waals surface area contributed by atoms with Gasteiger partial charge in [0.1, 0.15) is 0 Å².